The average molecular weight is 418 g/mol. The van der Waals surface area contributed by atoms with E-state index in [0.29, 0.717) is 36.9 Å². The number of piperidine rings is 1. The smallest absolute Gasteiger partial charge is 0.293 e. The first-order chi connectivity index (χ1) is 14.0. The highest BCUT2D eigenvalue weighted by Crippen LogP contribution is 2.32. The van der Waals surface area contributed by atoms with Crippen LogP contribution >= 0.6 is 11.3 Å². The Hall–Kier alpha value is -2.45. The number of hydrogen-bond acceptors (Lipinski definition) is 6. The number of amides is 1. The topological polar surface area (TPSA) is 75.9 Å². The Morgan fingerprint density at radius 3 is 2.72 bits per heavy atom. The number of nitro groups is 1. The van der Waals surface area contributed by atoms with Gasteiger partial charge in [0.15, 0.2) is 0 Å². The van der Waals surface area contributed by atoms with Gasteiger partial charge in [0.2, 0.25) is 0 Å². The summed E-state index contributed by atoms with van der Waals surface area (Å²) in [6.45, 7) is 5.09. The fourth-order valence-electron chi connectivity index (χ4n) is 3.55. The van der Waals surface area contributed by atoms with Gasteiger partial charge < -0.3 is 14.5 Å². The molecule has 1 aliphatic heterocycles. The summed E-state index contributed by atoms with van der Waals surface area (Å²) in [6.07, 6.45) is 2.03. The Kier molecular flexibility index (Phi) is 7.22. The van der Waals surface area contributed by atoms with Crippen molar-refractivity contribution in [2.24, 2.45) is 5.92 Å². The van der Waals surface area contributed by atoms with Crippen LogP contribution in [-0.2, 0) is 11.3 Å². The molecule has 0 spiro atoms. The average Bonchev–Trinajstić information content (AvgIpc) is 3.24. The normalized spacial score (nSPS) is 14.8. The van der Waals surface area contributed by atoms with Crippen molar-refractivity contribution in [1.82, 2.24) is 4.90 Å². The maximum absolute atomic E-state index is 13.1. The summed E-state index contributed by atoms with van der Waals surface area (Å²) in [6, 6.07) is 8.76. The van der Waals surface area contributed by atoms with Crippen molar-refractivity contribution in [3.8, 4) is 0 Å². The summed E-state index contributed by atoms with van der Waals surface area (Å²) in [5.41, 5.74) is 0.923. The second kappa shape index (κ2) is 9.84. The molecule has 1 fully saturated rings. The number of thiophene rings is 1. The molecule has 1 aromatic carbocycles. The van der Waals surface area contributed by atoms with Crippen LogP contribution in [0.15, 0.2) is 35.7 Å². The van der Waals surface area contributed by atoms with Crippen molar-refractivity contribution >= 4 is 28.6 Å². The number of nitrogens with zero attached hydrogens (tertiary/aromatic N) is 3. The molecule has 3 rings (SSSR count). The Labute approximate surface area is 175 Å². The van der Waals surface area contributed by atoms with Crippen LogP contribution in [0.25, 0.3) is 0 Å². The zero-order valence-electron chi connectivity index (χ0n) is 16.9. The number of ether oxygens (including phenoxy) is 1. The number of nitro benzene ring substituents is 1. The van der Waals surface area contributed by atoms with E-state index < -0.39 is 0 Å². The van der Waals surface area contributed by atoms with Crippen molar-refractivity contribution in [2.75, 3.05) is 38.3 Å². The summed E-state index contributed by atoms with van der Waals surface area (Å²) in [5.74, 6) is 0.412. The van der Waals surface area contributed by atoms with Gasteiger partial charge in [0.25, 0.3) is 11.6 Å². The second-order valence-corrected chi connectivity index (χ2v) is 8.46. The molecule has 0 saturated carbocycles. The van der Waals surface area contributed by atoms with E-state index in [1.807, 2.05) is 17.5 Å². The lowest BCUT2D eigenvalue weighted by atomic mass is 9.98. The molecule has 0 unspecified atom stereocenters. The lowest BCUT2D eigenvalue weighted by Gasteiger charge is -2.32. The van der Waals surface area contributed by atoms with E-state index >= 15 is 0 Å². The van der Waals surface area contributed by atoms with E-state index in [4.69, 9.17) is 4.74 Å². The maximum Gasteiger partial charge on any atom is 0.293 e. The minimum atomic E-state index is -0.386. The Morgan fingerprint density at radius 2 is 2.10 bits per heavy atom. The molecule has 2 heterocycles. The predicted molar refractivity (Wildman–Crippen MR) is 115 cm³/mol. The molecule has 156 valence electrons. The van der Waals surface area contributed by atoms with Gasteiger partial charge in [-0.1, -0.05) is 13.0 Å². The van der Waals surface area contributed by atoms with Gasteiger partial charge >= 0.3 is 0 Å². The minimum Gasteiger partial charge on any atom is -0.383 e. The van der Waals surface area contributed by atoms with Crippen LogP contribution in [0.3, 0.4) is 0 Å². The van der Waals surface area contributed by atoms with Crippen LogP contribution in [-0.4, -0.2) is 49.1 Å². The largest absolute Gasteiger partial charge is 0.383 e. The van der Waals surface area contributed by atoms with E-state index in [2.05, 4.69) is 11.8 Å². The van der Waals surface area contributed by atoms with E-state index in [9.17, 15) is 14.9 Å². The minimum absolute atomic E-state index is 0.00628. The van der Waals surface area contributed by atoms with Crippen LogP contribution in [0.1, 0.15) is 35.0 Å². The number of anilines is 1. The second-order valence-electron chi connectivity index (χ2n) is 7.43. The molecule has 0 bridgehead atoms. The molecule has 1 amide bonds. The first-order valence-electron chi connectivity index (χ1n) is 9.83. The summed E-state index contributed by atoms with van der Waals surface area (Å²) in [5, 5.41) is 13.7. The third-order valence-electron chi connectivity index (χ3n) is 5.32. The molecule has 2 aromatic rings. The van der Waals surface area contributed by atoms with Gasteiger partial charge in [0.05, 0.1) is 18.1 Å². The maximum atomic E-state index is 13.1. The number of carbonyl (C=O) groups excluding carboxylic acids is 1. The Morgan fingerprint density at radius 1 is 1.34 bits per heavy atom. The number of benzene rings is 1. The standard InChI is InChI=1S/C21H27N3O4S/c1-16-7-9-22(10-8-16)19-6-5-17(14-20(19)24(26)27)21(25)23(11-12-28-2)15-18-4-3-13-29-18/h3-6,13-14,16H,7-12,15H2,1-2H3. The van der Waals surface area contributed by atoms with Crippen LogP contribution in [0.2, 0.25) is 0 Å². The number of methoxy groups -OCH3 is 1. The zero-order valence-corrected chi connectivity index (χ0v) is 17.7. The number of carbonyl (C=O) groups is 1. The number of rotatable bonds is 8. The van der Waals surface area contributed by atoms with E-state index in [1.165, 1.54) is 6.07 Å². The predicted octanol–water partition coefficient (Wildman–Crippen LogP) is 4.18. The van der Waals surface area contributed by atoms with Gasteiger partial charge in [-0.25, -0.2) is 0 Å². The Balaban J connectivity index is 1.84. The van der Waals surface area contributed by atoms with Crippen molar-refractivity contribution in [3.63, 3.8) is 0 Å². The fourth-order valence-corrected chi connectivity index (χ4v) is 4.27. The SMILES string of the molecule is COCCN(Cc1cccs1)C(=O)c1ccc(N2CCC(C)CC2)c([N+](=O)[O-])c1. The third-order valence-corrected chi connectivity index (χ3v) is 6.18. The fraction of sp³-hybridized carbons (Fsp3) is 0.476. The number of hydrogen-bond donors (Lipinski definition) is 0. The lowest BCUT2D eigenvalue weighted by molar-refractivity contribution is -0.384. The van der Waals surface area contributed by atoms with Crippen LogP contribution in [0.5, 0.6) is 0 Å². The third kappa shape index (κ3) is 5.33. The molecule has 29 heavy (non-hydrogen) atoms. The molecule has 0 N–H and O–H groups in total. The molecular formula is C21H27N3O4S. The summed E-state index contributed by atoms with van der Waals surface area (Å²) in [7, 11) is 1.59. The molecule has 0 aliphatic carbocycles. The van der Waals surface area contributed by atoms with E-state index in [-0.39, 0.29) is 16.5 Å². The van der Waals surface area contributed by atoms with Crippen molar-refractivity contribution in [2.45, 2.75) is 26.3 Å². The van der Waals surface area contributed by atoms with E-state index in [1.54, 1.807) is 35.5 Å². The summed E-state index contributed by atoms with van der Waals surface area (Å²) < 4.78 is 5.14. The van der Waals surface area contributed by atoms with Crippen molar-refractivity contribution < 1.29 is 14.5 Å². The van der Waals surface area contributed by atoms with Gasteiger partial charge in [-0.3, -0.25) is 14.9 Å². The first-order valence-corrected chi connectivity index (χ1v) is 10.7. The van der Waals surface area contributed by atoms with Gasteiger partial charge in [0.1, 0.15) is 5.69 Å². The van der Waals surface area contributed by atoms with Crippen molar-refractivity contribution in [1.29, 1.82) is 0 Å². The molecule has 8 heteroatoms. The molecule has 0 atom stereocenters. The van der Waals surface area contributed by atoms with Gasteiger partial charge in [-0.2, -0.15) is 0 Å². The van der Waals surface area contributed by atoms with Crippen LogP contribution in [0, 0.1) is 16.0 Å². The van der Waals surface area contributed by atoms with Gasteiger partial charge in [0, 0.05) is 43.3 Å². The molecule has 7 nitrogen and oxygen atoms in total. The van der Waals surface area contributed by atoms with Crippen LogP contribution < -0.4 is 4.90 Å². The quantitative estimate of drug-likeness (QED) is 0.476. The highest BCUT2D eigenvalue weighted by Gasteiger charge is 2.26. The van der Waals surface area contributed by atoms with Crippen LogP contribution in [0.4, 0.5) is 11.4 Å². The summed E-state index contributed by atoms with van der Waals surface area (Å²) >= 11 is 1.58. The highest BCUT2D eigenvalue weighted by molar-refractivity contribution is 7.09. The Bertz CT molecular complexity index is 832. The van der Waals surface area contributed by atoms with Gasteiger partial charge in [-0.15, -0.1) is 11.3 Å². The molecule has 1 aromatic heterocycles. The molecule has 1 aliphatic rings. The zero-order chi connectivity index (χ0) is 20.8. The first kappa shape index (κ1) is 21.3. The molecule has 1 saturated heterocycles. The molecule has 0 radical (unpaired) electrons. The highest BCUT2D eigenvalue weighted by atomic mass is 32.1. The van der Waals surface area contributed by atoms with E-state index in [0.717, 1.165) is 30.8 Å². The van der Waals surface area contributed by atoms with Gasteiger partial charge in [-0.05, 0) is 42.3 Å². The van der Waals surface area contributed by atoms with Crippen molar-refractivity contribution in [3.05, 3.63) is 56.3 Å². The summed E-state index contributed by atoms with van der Waals surface area (Å²) in [4.78, 5) is 29.3. The molecular weight excluding hydrogens is 390 g/mol. The monoisotopic (exact) mass is 417 g/mol. The lowest BCUT2D eigenvalue weighted by Crippen LogP contribution is -2.34.